The molecule has 0 spiro atoms. The minimum atomic E-state index is -1.49. The molecule has 6 nitrogen and oxygen atoms in total. The van der Waals surface area contributed by atoms with Gasteiger partial charge in [-0.15, -0.1) is 18.2 Å². The summed E-state index contributed by atoms with van der Waals surface area (Å²) < 4.78 is 13.1. The standard InChI is InChI=1S/C34H36N2O4SSi/c1-7-24-20-25-21-28(18-19-29(25)35-22-24)39-31(41-6)30(38)36-33(5,23-37)34(40-42-32(2,3)4,26-14-10-8-11-15-26)27-16-12-9-13-17-27/h1,8-23,31H,42H2,2-6H3,(H,36,38). The van der Waals surface area contributed by atoms with Gasteiger partial charge in [0.15, 0.2) is 9.76 Å². The van der Waals surface area contributed by atoms with Gasteiger partial charge in [-0.25, -0.2) is 0 Å². The molecule has 8 heteroatoms. The van der Waals surface area contributed by atoms with E-state index in [4.69, 9.17) is 15.6 Å². The van der Waals surface area contributed by atoms with Crippen molar-refractivity contribution in [2.75, 3.05) is 6.26 Å². The third-order valence-corrected chi connectivity index (χ3v) is 9.10. The van der Waals surface area contributed by atoms with Gasteiger partial charge >= 0.3 is 0 Å². The predicted octanol–water partition coefficient (Wildman–Crippen LogP) is 5.62. The Balaban J connectivity index is 1.75. The fourth-order valence-corrected chi connectivity index (χ4v) is 6.63. The van der Waals surface area contributed by atoms with Crippen molar-refractivity contribution in [3.8, 4) is 18.1 Å². The van der Waals surface area contributed by atoms with Crippen LogP contribution in [0.1, 0.15) is 44.4 Å². The first-order valence-corrected chi connectivity index (χ1v) is 16.2. The van der Waals surface area contributed by atoms with Gasteiger partial charge in [-0.2, -0.15) is 0 Å². The number of fused-ring (bicyclic) bond motifs is 1. The number of rotatable bonds is 11. The molecule has 0 aliphatic carbocycles. The topological polar surface area (TPSA) is 77.5 Å². The van der Waals surface area contributed by atoms with Gasteiger partial charge in [0.05, 0.1) is 5.52 Å². The highest BCUT2D eigenvalue weighted by atomic mass is 32.2. The quantitative estimate of drug-likeness (QED) is 0.105. The molecular formula is C34H36N2O4SSi. The van der Waals surface area contributed by atoms with E-state index < -0.39 is 32.2 Å². The summed E-state index contributed by atoms with van der Waals surface area (Å²) in [5.74, 6) is 2.62. The highest BCUT2D eigenvalue weighted by Gasteiger charge is 2.54. The van der Waals surface area contributed by atoms with E-state index in [2.05, 4.69) is 37.0 Å². The zero-order valence-corrected chi connectivity index (χ0v) is 26.8. The summed E-state index contributed by atoms with van der Waals surface area (Å²) in [4.78, 5) is 31.5. The molecule has 0 radical (unpaired) electrons. The van der Waals surface area contributed by atoms with Crippen molar-refractivity contribution in [2.24, 2.45) is 0 Å². The zero-order valence-electron chi connectivity index (χ0n) is 24.6. The molecule has 1 amide bonds. The average Bonchev–Trinajstić information content (AvgIpc) is 3.00. The number of nitrogens with zero attached hydrogens (tertiary/aromatic N) is 1. The number of benzene rings is 3. The summed E-state index contributed by atoms with van der Waals surface area (Å²) in [5, 5.41) is 3.76. The van der Waals surface area contributed by atoms with Gasteiger partial charge in [0.1, 0.15) is 23.2 Å². The number of aldehydes is 1. The van der Waals surface area contributed by atoms with Gasteiger partial charge in [0.2, 0.25) is 5.44 Å². The van der Waals surface area contributed by atoms with Crippen LogP contribution in [0.4, 0.5) is 0 Å². The van der Waals surface area contributed by atoms with Gasteiger partial charge in [0.25, 0.3) is 5.91 Å². The third-order valence-electron chi connectivity index (χ3n) is 6.92. The maximum absolute atomic E-state index is 13.9. The van der Waals surface area contributed by atoms with Crippen molar-refractivity contribution in [3.05, 3.63) is 108 Å². The van der Waals surface area contributed by atoms with E-state index in [0.717, 1.165) is 28.3 Å². The molecule has 1 heterocycles. The Morgan fingerprint density at radius 2 is 1.62 bits per heavy atom. The third kappa shape index (κ3) is 6.60. The Bertz CT molecular complexity index is 1540. The molecule has 2 atom stereocenters. The molecule has 3 aromatic carbocycles. The van der Waals surface area contributed by atoms with Crippen molar-refractivity contribution in [3.63, 3.8) is 0 Å². The number of ether oxygens (including phenoxy) is 1. The molecule has 42 heavy (non-hydrogen) atoms. The molecule has 216 valence electrons. The minimum absolute atomic E-state index is 0.0856. The van der Waals surface area contributed by atoms with E-state index in [9.17, 15) is 9.59 Å². The van der Waals surface area contributed by atoms with E-state index in [1.165, 1.54) is 11.8 Å². The predicted molar refractivity (Wildman–Crippen MR) is 173 cm³/mol. The van der Waals surface area contributed by atoms with Crippen LogP contribution in [0.2, 0.25) is 5.04 Å². The molecule has 0 saturated carbocycles. The van der Waals surface area contributed by atoms with Crippen LogP contribution in [0.15, 0.2) is 91.1 Å². The number of amides is 1. The summed E-state index contributed by atoms with van der Waals surface area (Å²) >= 11 is 1.23. The molecule has 4 rings (SSSR count). The first kappa shape index (κ1) is 31.0. The molecule has 0 aliphatic heterocycles. The lowest BCUT2D eigenvalue weighted by Gasteiger charge is -2.48. The molecule has 1 aromatic heterocycles. The fraction of sp³-hybridized carbons (Fsp3) is 0.265. The van der Waals surface area contributed by atoms with Crippen molar-refractivity contribution >= 4 is 44.6 Å². The summed E-state index contributed by atoms with van der Waals surface area (Å²) in [6.07, 6.45) is 9.74. The largest absolute Gasteiger partial charge is 0.470 e. The van der Waals surface area contributed by atoms with Crippen LogP contribution in [0.3, 0.4) is 0 Å². The van der Waals surface area contributed by atoms with Crippen molar-refractivity contribution in [1.29, 1.82) is 0 Å². The van der Waals surface area contributed by atoms with Crippen LogP contribution in [-0.2, 0) is 19.6 Å². The van der Waals surface area contributed by atoms with Crippen LogP contribution in [-0.4, -0.2) is 44.2 Å². The van der Waals surface area contributed by atoms with Crippen molar-refractivity contribution in [2.45, 2.75) is 49.3 Å². The van der Waals surface area contributed by atoms with Crippen LogP contribution in [0.5, 0.6) is 5.75 Å². The number of carbonyl (C=O) groups excluding carboxylic acids is 2. The maximum Gasteiger partial charge on any atom is 0.272 e. The number of carbonyl (C=O) groups is 2. The maximum atomic E-state index is 13.9. The molecule has 2 unspecified atom stereocenters. The molecule has 0 aliphatic rings. The zero-order chi connectivity index (χ0) is 30.4. The number of terminal acetylenes is 1. The second-order valence-electron chi connectivity index (χ2n) is 11.5. The van der Waals surface area contributed by atoms with Crippen molar-refractivity contribution in [1.82, 2.24) is 10.3 Å². The lowest BCUT2D eigenvalue weighted by Crippen LogP contribution is -2.65. The average molecular weight is 597 g/mol. The molecule has 4 aromatic rings. The summed E-state index contributed by atoms with van der Waals surface area (Å²) in [7, 11) is -1.23. The molecule has 0 fully saturated rings. The lowest BCUT2D eigenvalue weighted by atomic mass is 9.72. The number of thioether (sulfide) groups is 1. The number of hydrogen-bond acceptors (Lipinski definition) is 6. The highest BCUT2D eigenvalue weighted by molar-refractivity contribution is 7.99. The van der Waals surface area contributed by atoms with Crippen LogP contribution in [0.25, 0.3) is 10.9 Å². The summed E-state index contributed by atoms with van der Waals surface area (Å²) in [6.45, 7) is 8.09. The SMILES string of the molecule is C#Cc1cnc2ccc(OC(SC)C(=O)NC(C)(C=O)C(O[SiH2]C(C)(C)C)(c3ccccc3)c3ccccc3)cc2c1. The highest BCUT2D eigenvalue weighted by Crippen LogP contribution is 2.44. The van der Waals surface area contributed by atoms with Crippen LogP contribution < -0.4 is 10.1 Å². The fourth-order valence-electron chi connectivity index (χ4n) is 4.86. The van der Waals surface area contributed by atoms with Gasteiger partial charge in [-0.05, 0) is 53.6 Å². The van der Waals surface area contributed by atoms with Gasteiger partial charge in [-0.3, -0.25) is 9.78 Å². The number of aromatic nitrogens is 1. The van der Waals surface area contributed by atoms with E-state index in [-0.39, 0.29) is 5.04 Å². The van der Waals surface area contributed by atoms with E-state index in [0.29, 0.717) is 11.3 Å². The minimum Gasteiger partial charge on any atom is -0.470 e. The van der Waals surface area contributed by atoms with E-state index in [1.807, 2.05) is 72.8 Å². The molecule has 1 N–H and O–H groups in total. The Hall–Kier alpha value is -3.90. The lowest BCUT2D eigenvalue weighted by molar-refractivity contribution is -0.135. The Morgan fingerprint density at radius 3 is 2.14 bits per heavy atom. The van der Waals surface area contributed by atoms with Crippen LogP contribution >= 0.6 is 11.8 Å². The van der Waals surface area contributed by atoms with E-state index >= 15 is 0 Å². The second kappa shape index (κ2) is 12.9. The Morgan fingerprint density at radius 1 is 1.00 bits per heavy atom. The van der Waals surface area contributed by atoms with Gasteiger partial charge in [0, 0.05) is 17.1 Å². The number of nitrogens with one attached hydrogen (secondary N) is 1. The summed E-state index contributed by atoms with van der Waals surface area (Å²) in [5.41, 5.74) is -0.762. The Labute approximate surface area is 254 Å². The Kier molecular flexibility index (Phi) is 9.57. The molecular weight excluding hydrogens is 561 g/mol. The first-order valence-electron chi connectivity index (χ1n) is 13.6. The molecule has 0 saturated heterocycles. The van der Waals surface area contributed by atoms with Crippen LogP contribution in [0, 0.1) is 12.3 Å². The van der Waals surface area contributed by atoms with Gasteiger partial charge < -0.3 is 19.3 Å². The normalized spacial score (nSPS) is 14.2. The van der Waals surface area contributed by atoms with Crippen molar-refractivity contribution < 1.29 is 18.8 Å². The number of pyridine rings is 1. The monoisotopic (exact) mass is 596 g/mol. The summed E-state index contributed by atoms with van der Waals surface area (Å²) in [6, 6.07) is 26.5. The number of hydrogen-bond donors (Lipinski definition) is 1. The smallest absolute Gasteiger partial charge is 0.272 e. The van der Waals surface area contributed by atoms with E-state index in [1.54, 1.807) is 31.5 Å². The van der Waals surface area contributed by atoms with Gasteiger partial charge in [-0.1, -0.05) is 87.4 Å². The second-order valence-corrected chi connectivity index (χ2v) is 15.1. The first-order chi connectivity index (χ1) is 20.0. The molecule has 0 bridgehead atoms.